The SMILES string of the molecule is CCCN(Cc1cc(F)ccc1Cl)CC1CCNCC1. The molecule has 4 heteroatoms. The molecular weight excluding hydrogens is 275 g/mol. The second-order valence-corrected chi connectivity index (χ2v) is 6.07. The van der Waals surface area contributed by atoms with E-state index in [4.69, 9.17) is 11.6 Å². The lowest BCUT2D eigenvalue weighted by Crippen LogP contribution is -2.36. The molecule has 1 aliphatic rings. The summed E-state index contributed by atoms with van der Waals surface area (Å²) in [6.45, 7) is 7.28. The van der Waals surface area contributed by atoms with Crippen molar-refractivity contribution in [3.05, 3.63) is 34.6 Å². The van der Waals surface area contributed by atoms with Gasteiger partial charge < -0.3 is 5.32 Å². The molecule has 1 aromatic carbocycles. The van der Waals surface area contributed by atoms with E-state index < -0.39 is 0 Å². The van der Waals surface area contributed by atoms with Crippen LogP contribution in [0.5, 0.6) is 0 Å². The van der Waals surface area contributed by atoms with Gasteiger partial charge in [-0.05, 0) is 68.6 Å². The molecule has 0 amide bonds. The largest absolute Gasteiger partial charge is 0.317 e. The first kappa shape index (κ1) is 15.7. The molecule has 1 fully saturated rings. The Morgan fingerprint density at radius 1 is 1.35 bits per heavy atom. The molecule has 0 bridgehead atoms. The summed E-state index contributed by atoms with van der Waals surface area (Å²) in [4.78, 5) is 2.41. The first-order valence-corrected chi connectivity index (χ1v) is 7.94. The summed E-state index contributed by atoms with van der Waals surface area (Å²) < 4.78 is 13.4. The van der Waals surface area contributed by atoms with Gasteiger partial charge in [-0.2, -0.15) is 0 Å². The van der Waals surface area contributed by atoms with Crippen LogP contribution in [-0.2, 0) is 6.54 Å². The number of piperidine rings is 1. The van der Waals surface area contributed by atoms with Crippen molar-refractivity contribution in [3.8, 4) is 0 Å². The molecule has 1 aliphatic heterocycles. The molecule has 1 N–H and O–H groups in total. The zero-order valence-electron chi connectivity index (χ0n) is 12.2. The minimum Gasteiger partial charge on any atom is -0.317 e. The zero-order chi connectivity index (χ0) is 14.4. The Hall–Kier alpha value is -0.640. The van der Waals surface area contributed by atoms with Gasteiger partial charge >= 0.3 is 0 Å². The van der Waals surface area contributed by atoms with E-state index in [1.54, 1.807) is 12.1 Å². The van der Waals surface area contributed by atoms with E-state index >= 15 is 0 Å². The second-order valence-electron chi connectivity index (χ2n) is 5.66. The normalized spacial score (nSPS) is 16.8. The fraction of sp³-hybridized carbons (Fsp3) is 0.625. The highest BCUT2D eigenvalue weighted by atomic mass is 35.5. The van der Waals surface area contributed by atoms with Gasteiger partial charge in [-0.25, -0.2) is 4.39 Å². The highest BCUT2D eigenvalue weighted by molar-refractivity contribution is 6.31. The monoisotopic (exact) mass is 298 g/mol. The summed E-state index contributed by atoms with van der Waals surface area (Å²) in [7, 11) is 0. The highest BCUT2D eigenvalue weighted by Crippen LogP contribution is 2.21. The number of hydrogen-bond donors (Lipinski definition) is 1. The standard InChI is InChI=1S/C16H24ClFN2/c1-2-9-20(11-13-5-7-19-8-6-13)12-14-10-15(18)3-4-16(14)17/h3-4,10,13,19H,2,5-9,11-12H2,1H3. The van der Waals surface area contributed by atoms with E-state index in [-0.39, 0.29) is 5.82 Å². The van der Waals surface area contributed by atoms with E-state index in [1.165, 1.54) is 18.9 Å². The Balaban J connectivity index is 1.98. The maximum atomic E-state index is 13.4. The van der Waals surface area contributed by atoms with Crippen LogP contribution in [0.1, 0.15) is 31.7 Å². The van der Waals surface area contributed by atoms with Crippen molar-refractivity contribution in [1.82, 2.24) is 10.2 Å². The Labute approximate surface area is 126 Å². The molecule has 1 saturated heterocycles. The Morgan fingerprint density at radius 2 is 2.10 bits per heavy atom. The number of nitrogens with one attached hydrogen (secondary N) is 1. The smallest absolute Gasteiger partial charge is 0.123 e. The van der Waals surface area contributed by atoms with E-state index in [9.17, 15) is 4.39 Å². The van der Waals surface area contributed by atoms with Crippen molar-refractivity contribution in [2.45, 2.75) is 32.7 Å². The molecule has 2 nitrogen and oxygen atoms in total. The lowest BCUT2D eigenvalue weighted by molar-refractivity contribution is 0.198. The van der Waals surface area contributed by atoms with Crippen molar-refractivity contribution in [3.63, 3.8) is 0 Å². The molecule has 20 heavy (non-hydrogen) atoms. The van der Waals surface area contributed by atoms with Gasteiger partial charge in [-0.15, -0.1) is 0 Å². The van der Waals surface area contributed by atoms with Gasteiger partial charge in [0.15, 0.2) is 0 Å². The molecule has 0 aromatic heterocycles. The van der Waals surface area contributed by atoms with Crippen molar-refractivity contribution >= 4 is 11.6 Å². The lowest BCUT2D eigenvalue weighted by atomic mass is 9.97. The van der Waals surface area contributed by atoms with Crippen LogP contribution in [0.4, 0.5) is 4.39 Å². The molecular formula is C16H24ClFN2. The van der Waals surface area contributed by atoms with Gasteiger partial charge in [-0.1, -0.05) is 18.5 Å². The molecule has 0 unspecified atom stereocenters. The van der Waals surface area contributed by atoms with Crippen LogP contribution in [-0.4, -0.2) is 31.1 Å². The summed E-state index contributed by atoms with van der Waals surface area (Å²) >= 11 is 6.18. The first-order chi connectivity index (χ1) is 9.69. The summed E-state index contributed by atoms with van der Waals surface area (Å²) in [5.74, 6) is 0.540. The van der Waals surface area contributed by atoms with Crippen LogP contribution in [0.25, 0.3) is 0 Å². The number of halogens is 2. The first-order valence-electron chi connectivity index (χ1n) is 7.56. The molecule has 1 aromatic rings. The third-order valence-electron chi connectivity index (χ3n) is 3.92. The number of hydrogen-bond acceptors (Lipinski definition) is 2. The minimum atomic E-state index is -0.206. The number of benzene rings is 1. The van der Waals surface area contributed by atoms with Gasteiger partial charge in [0, 0.05) is 18.1 Å². The molecule has 1 heterocycles. The minimum absolute atomic E-state index is 0.206. The van der Waals surface area contributed by atoms with Crippen molar-refractivity contribution in [1.29, 1.82) is 0 Å². The molecule has 0 radical (unpaired) electrons. The van der Waals surface area contributed by atoms with E-state index in [0.29, 0.717) is 5.02 Å². The van der Waals surface area contributed by atoms with Crippen LogP contribution in [0, 0.1) is 11.7 Å². The fourth-order valence-corrected chi connectivity index (χ4v) is 3.06. The van der Waals surface area contributed by atoms with Crippen LogP contribution < -0.4 is 5.32 Å². The molecule has 0 atom stereocenters. The highest BCUT2D eigenvalue weighted by Gasteiger charge is 2.17. The van der Waals surface area contributed by atoms with Crippen molar-refractivity contribution in [2.24, 2.45) is 5.92 Å². The predicted molar refractivity (Wildman–Crippen MR) is 82.6 cm³/mol. The summed E-state index contributed by atoms with van der Waals surface area (Å²) in [5, 5.41) is 4.06. The van der Waals surface area contributed by atoms with Crippen molar-refractivity contribution < 1.29 is 4.39 Å². The van der Waals surface area contributed by atoms with Gasteiger partial charge in [-0.3, -0.25) is 4.90 Å². The van der Waals surface area contributed by atoms with Gasteiger partial charge in [0.25, 0.3) is 0 Å². The molecule has 0 aliphatic carbocycles. The average molecular weight is 299 g/mol. The fourth-order valence-electron chi connectivity index (χ4n) is 2.89. The number of rotatable bonds is 6. The Morgan fingerprint density at radius 3 is 2.80 bits per heavy atom. The quantitative estimate of drug-likeness (QED) is 0.861. The van der Waals surface area contributed by atoms with Crippen LogP contribution in [0.3, 0.4) is 0 Å². The third kappa shape index (κ3) is 4.72. The summed E-state index contributed by atoms with van der Waals surface area (Å²) in [6.07, 6.45) is 3.58. The molecule has 0 saturated carbocycles. The molecule has 0 spiro atoms. The van der Waals surface area contributed by atoms with E-state index in [0.717, 1.165) is 50.6 Å². The molecule has 2 rings (SSSR count). The Bertz CT molecular complexity index is 419. The zero-order valence-corrected chi connectivity index (χ0v) is 12.9. The summed E-state index contributed by atoms with van der Waals surface area (Å²) in [6, 6.07) is 4.64. The van der Waals surface area contributed by atoms with E-state index in [1.807, 2.05) is 0 Å². The van der Waals surface area contributed by atoms with Gasteiger partial charge in [0.2, 0.25) is 0 Å². The van der Waals surface area contributed by atoms with Gasteiger partial charge in [0.05, 0.1) is 0 Å². The van der Waals surface area contributed by atoms with E-state index in [2.05, 4.69) is 17.1 Å². The number of nitrogens with zero attached hydrogens (tertiary/aromatic N) is 1. The topological polar surface area (TPSA) is 15.3 Å². The van der Waals surface area contributed by atoms with Crippen LogP contribution >= 0.6 is 11.6 Å². The van der Waals surface area contributed by atoms with Gasteiger partial charge in [0.1, 0.15) is 5.82 Å². The maximum Gasteiger partial charge on any atom is 0.123 e. The third-order valence-corrected chi connectivity index (χ3v) is 4.29. The molecule has 112 valence electrons. The maximum absolute atomic E-state index is 13.4. The van der Waals surface area contributed by atoms with Crippen molar-refractivity contribution in [2.75, 3.05) is 26.2 Å². The summed E-state index contributed by atoms with van der Waals surface area (Å²) in [5.41, 5.74) is 0.897. The second kappa shape index (κ2) is 7.96. The predicted octanol–water partition coefficient (Wildman–Crippen LogP) is 3.69. The van der Waals surface area contributed by atoms with Crippen LogP contribution in [0.15, 0.2) is 18.2 Å². The van der Waals surface area contributed by atoms with Crippen LogP contribution in [0.2, 0.25) is 5.02 Å². The Kier molecular flexibility index (Phi) is 6.27. The average Bonchev–Trinajstić information content (AvgIpc) is 2.44. The lowest BCUT2D eigenvalue weighted by Gasteiger charge is -2.30.